The van der Waals surface area contributed by atoms with Gasteiger partial charge in [0.15, 0.2) is 5.65 Å². The van der Waals surface area contributed by atoms with Gasteiger partial charge in [-0.05, 0) is 18.2 Å². The van der Waals surface area contributed by atoms with Crippen LogP contribution in [0.3, 0.4) is 0 Å². The van der Waals surface area contributed by atoms with E-state index in [0.29, 0.717) is 17.2 Å². The van der Waals surface area contributed by atoms with E-state index in [9.17, 15) is 8.78 Å². The molecule has 9 heteroatoms. The molecule has 2 aliphatic rings. The molecule has 1 aromatic carbocycles. The van der Waals surface area contributed by atoms with Gasteiger partial charge in [-0.3, -0.25) is 4.40 Å². The lowest BCUT2D eigenvalue weighted by atomic mass is 10.2. The van der Waals surface area contributed by atoms with Crippen molar-refractivity contribution in [3.8, 4) is 0 Å². The number of rotatable bonds is 4. The van der Waals surface area contributed by atoms with Crippen molar-refractivity contribution in [3.05, 3.63) is 58.8 Å². The maximum absolute atomic E-state index is 13.3. The summed E-state index contributed by atoms with van der Waals surface area (Å²) in [4.78, 5) is 8.10. The molecule has 0 N–H and O–H groups in total. The Hall–Kier alpha value is -2.92. The Morgan fingerprint density at radius 1 is 1.07 bits per heavy atom. The van der Waals surface area contributed by atoms with E-state index in [1.165, 1.54) is 0 Å². The predicted octanol–water partition coefficient (Wildman–Crippen LogP) is 4.46. The summed E-state index contributed by atoms with van der Waals surface area (Å²) in [7, 11) is 0. The third-order valence-electron chi connectivity index (χ3n) is 5.91. The summed E-state index contributed by atoms with van der Waals surface area (Å²) in [6.45, 7) is 10.7. The van der Waals surface area contributed by atoms with E-state index >= 15 is 0 Å². The summed E-state index contributed by atoms with van der Waals surface area (Å²) in [5, 5.41) is 8.97. The number of alkyl halides is 2. The Balaban J connectivity index is 1.38. The lowest BCUT2D eigenvalue weighted by Gasteiger charge is -2.38. The maximum atomic E-state index is 13.3. The molecule has 3 aromatic rings. The van der Waals surface area contributed by atoms with Gasteiger partial charge in [0.2, 0.25) is 0 Å². The molecule has 1 aliphatic heterocycles. The number of benzene rings is 1. The van der Waals surface area contributed by atoms with Crippen molar-refractivity contribution in [2.24, 2.45) is 5.92 Å². The molecule has 154 valence electrons. The van der Waals surface area contributed by atoms with Gasteiger partial charge in [-0.1, -0.05) is 23.7 Å². The Morgan fingerprint density at radius 2 is 1.73 bits per heavy atom. The molecule has 1 unspecified atom stereocenters. The average molecular weight is 429 g/mol. The zero-order valence-electron chi connectivity index (χ0n) is 16.1. The molecule has 0 radical (unpaired) electrons. The standard InChI is InChI=1S/C21H19ClF2N6/c1-25-19-17(29-10-8-28(9-11-29)16-5-3-2-4-15(16)22)6-7-30-18(26-27-20(19)30)12-14-13-21(14,23)24/h2-7,14H,8-13H2. The number of hydrogen-bond donors (Lipinski definition) is 0. The second-order valence-electron chi connectivity index (χ2n) is 7.76. The van der Waals surface area contributed by atoms with Crippen LogP contribution in [0, 0.1) is 12.5 Å². The van der Waals surface area contributed by atoms with E-state index in [2.05, 4.69) is 24.8 Å². The SMILES string of the molecule is [C-]#[N+]c1c(N2CCN(c3ccccc3Cl)CC2)ccn2c(CC3CC3(F)F)nnc12. The highest BCUT2D eigenvalue weighted by atomic mass is 35.5. The van der Waals surface area contributed by atoms with Crippen molar-refractivity contribution in [2.75, 3.05) is 36.0 Å². The van der Waals surface area contributed by atoms with Crippen molar-refractivity contribution >= 4 is 34.3 Å². The Labute approximate surface area is 177 Å². The molecule has 0 spiro atoms. The molecular weight excluding hydrogens is 410 g/mol. The van der Waals surface area contributed by atoms with Crippen LogP contribution in [0.5, 0.6) is 0 Å². The fourth-order valence-electron chi connectivity index (χ4n) is 4.09. The van der Waals surface area contributed by atoms with Gasteiger partial charge in [0.05, 0.1) is 17.3 Å². The van der Waals surface area contributed by atoms with Gasteiger partial charge in [0.25, 0.3) is 11.6 Å². The van der Waals surface area contributed by atoms with Gasteiger partial charge in [-0.15, -0.1) is 10.2 Å². The number of para-hydroxylation sites is 1. The topological polar surface area (TPSA) is 41.0 Å². The Bertz CT molecular complexity index is 1150. The number of pyridine rings is 1. The van der Waals surface area contributed by atoms with Gasteiger partial charge in [0.1, 0.15) is 5.82 Å². The first-order valence-corrected chi connectivity index (χ1v) is 10.2. The number of fused-ring (bicyclic) bond motifs is 1. The molecule has 3 heterocycles. The molecule has 1 saturated carbocycles. The smallest absolute Gasteiger partial charge is 0.253 e. The van der Waals surface area contributed by atoms with Crippen LogP contribution in [0.15, 0.2) is 36.5 Å². The molecule has 0 bridgehead atoms. The molecule has 6 nitrogen and oxygen atoms in total. The largest absolute Gasteiger partial charge is 0.377 e. The summed E-state index contributed by atoms with van der Waals surface area (Å²) in [6, 6.07) is 9.64. The molecule has 2 aromatic heterocycles. The van der Waals surface area contributed by atoms with Crippen molar-refractivity contribution < 1.29 is 8.78 Å². The number of nitrogens with zero attached hydrogens (tertiary/aromatic N) is 6. The third kappa shape index (κ3) is 3.23. The molecule has 2 fully saturated rings. The van der Waals surface area contributed by atoms with E-state index in [0.717, 1.165) is 42.6 Å². The summed E-state index contributed by atoms with van der Waals surface area (Å²) in [5.74, 6) is -2.80. The monoisotopic (exact) mass is 428 g/mol. The molecule has 5 rings (SSSR count). The lowest BCUT2D eigenvalue weighted by molar-refractivity contribution is 0.0984. The normalized spacial score (nSPS) is 20.4. The zero-order chi connectivity index (χ0) is 20.9. The van der Waals surface area contributed by atoms with Crippen LogP contribution >= 0.6 is 11.6 Å². The van der Waals surface area contributed by atoms with Crippen LogP contribution in [0.4, 0.5) is 25.8 Å². The fourth-order valence-corrected chi connectivity index (χ4v) is 4.35. The average Bonchev–Trinajstić information content (AvgIpc) is 3.15. The second-order valence-corrected chi connectivity index (χ2v) is 8.17. The fraction of sp³-hybridized carbons (Fsp3) is 0.381. The van der Waals surface area contributed by atoms with E-state index in [1.54, 1.807) is 10.6 Å². The molecule has 1 aliphatic carbocycles. The number of hydrogen-bond acceptors (Lipinski definition) is 4. The summed E-state index contributed by atoms with van der Waals surface area (Å²) < 4.78 is 28.3. The lowest BCUT2D eigenvalue weighted by Crippen LogP contribution is -2.46. The predicted molar refractivity (Wildman–Crippen MR) is 112 cm³/mol. The highest BCUT2D eigenvalue weighted by Gasteiger charge is 2.56. The van der Waals surface area contributed by atoms with Crippen LogP contribution in [0.2, 0.25) is 5.02 Å². The first-order valence-electron chi connectivity index (χ1n) is 9.84. The van der Waals surface area contributed by atoms with E-state index in [-0.39, 0.29) is 12.8 Å². The highest BCUT2D eigenvalue weighted by Crippen LogP contribution is 2.50. The minimum atomic E-state index is -2.60. The van der Waals surface area contributed by atoms with E-state index in [4.69, 9.17) is 18.2 Å². The number of aromatic nitrogens is 3. The minimum Gasteiger partial charge on any atom is -0.377 e. The summed E-state index contributed by atoms with van der Waals surface area (Å²) in [5.41, 5.74) is 2.64. The van der Waals surface area contributed by atoms with Gasteiger partial charge in [-0.25, -0.2) is 13.6 Å². The molecule has 1 atom stereocenters. The molecule has 1 saturated heterocycles. The van der Waals surface area contributed by atoms with E-state index in [1.807, 2.05) is 30.3 Å². The van der Waals surface area contributed by atoms with E-state index < -0.39 is 11.8 Å². The van der Waals surface area contributed by atoms with Gasteiger partial charge < -0.3 is 9.80 Å². The molecular formula is C21H19ClF2N6. The van der Waals surface area contributed by atoms with Crippen molar-refractivity contribution in [1.82, 2.24) is 14.6 Å². The van der Waals surface area contributed by atoms with Crippen LogP contribution in [-0.4, -0.2) is 46.7 Å². The summed E-state index contributed by atoms with van der Waals surface area (Å²) in [6.07, 6.45) is 1.85. The molecule has 0 amide bonds. The first kappa shape index (κ1) is 19.1. The van der Waals surface area contributed by atoms with Crippen LogP contribution in [-0.2, 0) is 6.42 Å². The quantitative estimate of drug-likeness (QED) is 0.575. The van der Waals surface area contributed by atoms with Crippen LogP contribution < -0.4 is 9.80 Å². The number of piperazine rings is 1. The Kier molecular flexibility index (Phi) is 4.51. The second kappa shape index (κ2) is 7.10. The van der Waals surface area contributed by atoms with Crippen LogP contribution in [0.25, 0.3) is 10.5 Å². The summed E-state index contributed by atoms with van der Waals surface area (Å²) >= 11 is 6.32. The van der Waals surface area contributed by atoms with Crippen LogP contribution in [0.1, 0.15) is 12.2 Å². The zero-order valence-corrected chi connectivity index (χ0v) is 16.9. The van der Waals surface area contributed by atoms with Crippen molar-refractivity contribution in [2.45, 2.75) is 18.8 Å². The van der Waals surface area contributed by atoms with Crippen molar-refractivity contribution in [1.29, 1.82) is 0 Å². The maximum Gasteiger partial charge on any atom is 0.253 e. The Morgan fingerprint density at radius 3 is 2.37 bits per heavy atom. The van der Waals surface area contributed by atoms with Gasteiger partial charge in [0, 0.05) is 56.8 Å². The van der Waals surface area contributed by atoms with Gasteiger partial charge in [-0.2, -0.15) is 0 Å². The number of anilines is 2. The minimum absolute atomic E-state index is 0.106. The first-order chi connectivity index (χ1) is 14.5. The van der Waals surface area contributed by atoms with Crippen molar-refractivity contribution in [3.63, 3.8) is 0 Å². The highest BCUT2D eigenvalue weighted by molar-refractivity contribution is 6.33. The number of halogens is 3. The van der Waals surface area contributed by atoms with Gasteiger partial charge >= 0.3 is 0 Å². The third-order valence-corrected chi connectivity index (χ3v) is 6.23. The molecule has 30 heavy (non-hydrogen) atoms.